The van der Waals surface area contributed by atoms with Gasteiger partial charge in [-0.3, -0.25) is 4.79 Å². The highest BCUT2D eigenvalue weighted by molar-refractivity contribution is 5.96. The molecular formula is C17H17NO4. The number of hydrogen-bond donors (Lipinski definition) is 2. The van der Waals surface area contributed by atoms with Crippen molar-refractivity contribution in [2.45, 2.75) is 12.1 Å². The maximum Gasteiger partial charge on any atom is 0.331 e. The molecule has 0 bridgehead atoms. The third-order valence-electron chi connectivity index (χ3n) is 3.23. The Morgan fingerprint density at radius 3 is 2.09 bits per heavy atom. The number of methoxy groups -OCH3 is 1. The molecule has 0 radical (unpaired) electrons. The first-order valence-corrected chi connectivity index (χ1v) is 6.80. The lowest BCUT2D eigenvalue weighted by molar-refractivity contribution is -0.146. The molecule has 0 aliphatic carbocycles. The van der Waals surface area contributed by atoms with Gasteiger partial charge in [0.2, 0.25) is 0 Å². The van der Waals surface area contributed by atoms with Crippen LogP contribution in [-0.2, 0) is 9.53 Å². The zero-order chi connectivity index (χ0) is 15.9. The second kappa shape index (κ2) is 7.38. The Kier molecular flexibility index (Phi) is 5.27. The summed E-state index contributed by atoms with van der Waals surface area (Å²) in [5.74, 6) is -1.16. The van der Waals surface area contributed by atoms with Gasteiger partial charge in [0.15, 0.2) is 6.04 Å². The first-order chi connectivity index (χ1) is 10.6. The van der Waals surface area contributed by atoms with Crippen LogP contribution in [0.5, 0.6) is 0 Å². The average molecular weight is 299 g/mol. The molecule has 0 saturated carbocycles. The van der Waals surface area contributed by atoms with E-state index in [0.29, 0.717) is 11.1 Å². The number of nitrogens with one attached hydrogen (secondary N) is 1. The molecule has 0 fully saturated rings. The van der Waals surface area contributed by atoms with Crippen molar-refractivity contribution in [3.05, 3.63) is 71.8 Å². The summed E-state index contributed by atoms with van der Waals surface area (Å²) < 4.78 is 4.68. The summed E-state index contributed by atoms with van der Waals surface area (Å²) in [6, 6.07) is 15.9. The number of aliphatic hydroxyl groups excluding tert-OH is 1. The summed E-state index contributed by atoms with van der Waals surface area (Å²) in [6.07, 6.45) is -1.19. The van der Waals surface area contributed by atoms with Gasteiger partial charge in [0.05, 0.1) is 7.11 Å². The molecule has 0 spiro atoms. The van der Waals surface area contributed by atoms with Crippen LogP contribution in [-0.4, -0.2) is 30.1 Å². The van der Waals surface area contributed by atoms with E-state index in [1.807, 2.05) is 0 Å². The molecule has 2 atom stereocenters. The fourth-order valence-corrected chi connectivity index (χ4v) is 2.05. The molecule has 2 aromatic rings. The van der Waals surface area contributed by atoms with Crippen LogP contribution >= 0.6 is 0 Å². The van der Waals surface area contributed by atoms with Crippen LogP contribution in [0.2, 0.25) is 0 Å². The predicted octanol–water partition coefficient (Wildman–Crippen LogP) is 1.69. The number of hydrogen-bond acceptors (Lipinski definition) is 4. The zero-order valence-electron chi connectivity index (χ0n) is 12.1. The van der Waals surface area contributed by atoms with E-state index in [-0.39, 0.29) is 0 Å². The second-order valence-corrected chi connectivity index (χ2v) is 4.70. The van der Waals surface area contributed by atoms with Crippen molar-refractivity contribution in [2.75, 3.05) is 7.11 Å². The van der Waals surface area contributed by atoms with Crippen molar-refractivity contribution in [2.24, 2.45) is 0 Å². The van der Waals surface area contributed by atoms with E-state index in [4.69, 9.17) is 0 Å². The third kappa shape index (κ3) is 3.71. The molecule has 0 saturated heterocycles. The van der Waals surface area contributed by atoms with Gasteiger partial charge in [0.25, 0.3) is 5.91 Å². The van der Waals surface area contributed by atoms with Crippen molar-refractivity contribution in [1.29, 1.82) is 0 Å². The van der Waals surface area contributed by atoms with Crippen LogP contribution < -0.4 is 5.32 Å². The smallest absolute Gasteiger partial charge is 0.331 e. The second-order valence-electron chi connectivity index (χ2n) is 4.70. The third-order valence-corrected chi connectivity index (χ3v) is 3.23. The van der Waals surface area contributed by atoms with E-state index in [9.17, 15) is 14.7 Å². The van der Waals surface area contributed by atoms with Crippen molar-refractivity contribution < 1.29 is 19.4 Å². The molecular weight excluding hydrogens is 282 g/mol. The molecule has 2 N–H and O–H groups in total. The minimum Gasteiger partial charge on any atom is -0.467 e. The lowest BCUT2D eigenvalue weighted by Gasteiger charge is -2.22. The summed E-state index contributed by atoms with van der Waals surface area (Å²) in [7, 11) is 1.21. The number of aliphatic hydroxyl groups is 1. The average Bonchev–Trinajstić information content (AvgIpc) is 2.59. The van der Waals surface area contributed by atoms with E-state index >= 15 is 0 Å². The highest BCUT2D eigenvalue weighted by atomic mass is 16.5. The van der Waals surface area contributed by atoms with Crippen LogP contribution in [0.15, 0.2) is 60.7 Å². The number of ether oxygens (including phenoxy) is 1. The molecule has 5 nitrogen and oxygen atoms in total. The lowest BCUT2D eigenvalue weighted by Crippen LogP contribution is -2.45. The van der Waals surface area contributed by atoms with Gasteiger partial charge < -0.3 is 15.2 Å². The summed E-state index contributed by atoms with van der Waals surface area (Å²) in [5, 5.41) is 12.9. The SMILES string of the molecule is COC(=O)[C@@H](NC(=O)c1ccccc1)C(O)c1ccccc1. The Morgan fingerprint density at radius 2 is 1.55 bits per heavy atom. The van der Waals surface area contributed by atoms with Crippen molar-refractivity contribution in [3.8, 4) is 0 Å². The molecule has 0 aliphatic rings. The lowest BCUT2D eigenvalue weighted by atomic mass is 10.0. The van der Waals surface area contributed by atoms with E-state index in [1.165, 1.54) is 7.11 Å². The Bertz CT molecular complexity index is 628. The summed E-state index contributed by atoms with van der Waals surface area (Å²) in [5.41, 5.74) is 0.919. The number of esters is 1. The molecule has 114 valence electrons. The summed E-state index contributed by atoms with van der Waals surface area (Å²) in [6.45, 7) is 0. The van der Waals surface area contributed by atoms with Gasteiger partial charge in [-0.05, 0) is 17.7 Å². The minimum atomic E-state index is -1.19. The predicted molar refractivity (Wildman–Crippen MR) is 81.1 cm³/mol. The van der Waals surface area contributed by atoms with E-state index < -0.39 is 24.0 Å². The van der Waals surface area contributed by atoms with E-state index in [2.05, 4.69) is 10.1 Å². The number of carbonyl (C=O) groups is 2. The zero-order valence-corrected chi connectivity index (χ0v) is 12.1. The van der Waals surface area contributed by atoms with Gasteiger partial charge in [-0.25, -0.2) is 4.79 Å². The van der Waals surface area contributed by atoms with Gasteiger partial charge in [-0.15, -0.1) is 0 Å². The molecule has 2 aromatic carbocycles. The van der Waals surface area contributed by atoms with Crippen LogP contribution in [0.1, 0.15) is 22.0 Å². The maximum absolute atomic E-state index is 12.2. The number of amides is 1. The fourth-order valence-electron chi connectivity index (χ4n) is 2.05. The van der Waals surface area contributed by atoms with E-state index in [1.54, 1.807) is 60.7 Å². The molecule has 1 amide bonds. The van der Waals surface area contributed by atoms with Gasteiger partial charge in [-0.2, -0.15) is 0 Å². The highest BCUT2D eigenvalue weighted by Crippen LogP contribution is 2.18. The van der Waals surface area contributed by atoms with Gasteiger partial charge in [0.1, 0.15) is 6.10 Å². The molecule has 2 rings (SSSR count). The first kappa shape index (κ1) is 15.7. The van der Waals surface area contributed by atoms with Crippen molar-refractivity contribution in [3.63, 3.8) is 0 Å². The van der Waals surface area contributed by atoms with Crippen molar-refractivity contribution >= 4 is 11.9 Å². The van der Waals surface area contributed by atoms with Crippen LogP contribution in [0.3, 0.4) is 0 Å². The van der Waals surface area contributed by atoms with Crippen LogP contribution in [0.4, 0.5) is 0 Å². The Morgan fingerprint density at radius 1 is 1.00 bits per heavy atom. The number of rotatable bonds is 5. The van der Waals surface area contributed by atoms with Gasteiger partial charge in [-0.1, -0.05) is 48.5 Å². The molecule has 1 unspecified atom stereocenters. The van der Waals surface area contributed by atoms with Gasteiger partial charge in [0, 0.05) is 5.56 Å². The van der Waals surface area contributed by atoms with Crippen molar-refractivity contribution in [1.82, 2.24) is 5.32 Å². The summed E-state index contributed by atoms with van der Waals surface area (Å²) >= 11 is 0. The number of benzene rings is 2. The summed E-state index contributed by atoms with van der Waals surface area (Å²) in [4.78, 5) is 24.1. The normalized spacial score (nSPS) is 13.0. The van der Waals surface area contributed by atoms with Crippen LogP contribution in [0, 0.1) is 0 Å². The molecule has 0 aromatic heterocycles. The Hall–Kier alpha value is -2.66. The Labute approximate surface area is 128 Å². The monoisotopic (exact) mass is 299 g/mol. The first-order valence-electron chi connectivity index (χ1n) is 6.80. The number of carbonyl (C=O) groups excluding carboxylic acids is 2. The minimum absolute atomic E-state index is 0.400. The largest absolute Gasteiger partial charge is 0.467 e. The van der Waals surface area contributed by atoms with E-state index in [0.717, 1.165) is 0 Å². The molecule has 0 heterocycles. The topological polar surface area (TPSA) is 75.6 Å². The molecule has 5 heteroatoms. The van der Waals surface area contributed by atoms with Crippen LogP contribution in [0.25, 0.3) is 0 Å². The highest BCUT2D eigenvalue weighted by Gasteiger charge is 2.30. The van der Waals surface area contributed by atoms with Gasteiger partial charge >= 0.3 is 5.97 Å². The maximum atomic E-state index is 12.2. The molecule has 22 heavy (non-hydrogen) atoms. The Balaban J connectivity index is 2.20. The molecule has 0 aliphatic heterocycles. The quantitative estimate of drug-likeness (QED) is 0.824. The standard InChI is InChI=1S/C17H17NO4/c1-22-17(21)14(15(19)12-8-4-2-5-9-12)18-16(20)13-10-6-3-7-11-13/h2-11,14-15,19H,1H3,(H,18,20)/t14-,15?/m0/s1. The fraction of sp³-hybridized carbons (Fsp3) is 0.176.